The number of thioether (sulfide) groups is 1. The third-order valence-corrected chi connectivity index (χ3v) is 6.63. The van der Waals surface area contributed by atoms with Crippen LogP contribution in [0.15, 0.2) is 88.9 Å². The molecule has 8 nitrogen and oxygen atoms in total. The number of aromatic amines is 2. The number of anilines is 1. The molecule has 0 radical (unpaired) electrons. The number of benzene rings is 3. The molecule has 0 saturated carbocycles. The standard InChI is InChI=1S/C26H23N5O3S/c1-16(24(32)28-18-12-13-19-20(14-18)30-25(33)29-19)35-26-27-15-22(17-8-4-3-5-9-17)31(26)21-10-6-7-11-23(21)34-2/h3-16H,1-2H3,(H,28,32)(H2,29,30,33). The Morgan fingerprint density at radius 2 is 1.77 bits per heavy atom. The highest BCUT2D eigenvalue weighted by atomic mass is 32.2. The number of aromatic nitrogens is 4. The fourth-order valence-corrected chi connectivity index (χ4v) is 4.74. The van der Waals surface area contributed by atoms with E-state index in [9.17, 15) is 9.59 Å². The number of para-hydroxylation sites is 2. The maximum atomic E-state index is 13.0. The van der Waals surface area contributed by atoms with Crippen LogP contribution in [0.5, 0.6) is 5.75 Å². The quantitative estimate of drug-likeness (QED) is 0.286. The van der Waals surface area contributed by atoms with Crippen LogP contribution in [-0.4, -0.2) is 37.8 Å². The topological polar surface area (TPSA) is 105 Å². The average molecular weight is 486 g/mol. The molecule has 0 spiro atoms. The second-order valence-corrected chi connectivity index (χ2v) is 9.20. The number of imidazole rings is 2. The van der Waals surface area contributed by atoms with Gasteiger partial charge in [0.1, 0.15) is 5.75 Å². The number of fused-ring (bicyclic) bond motifs is 1. The van der Waals surface area contributed by atoms with E-state index >= 15 is 0 Å². The lowest BCUT2D eigenvalue weighted by Crippen LogP contribution is -2.23. The van der Waals surface area contributed by atoms with Crippen LogP contribution in [-0.2, 0) is 4.79 Å². The summed E-state index contributed by atoms with van der Waals surface area (Å²) in [6.07, 6.45) is 1.81. The first-order chi connectivity index (χ1) is 17.0. The van der Waals surface area contributed by atoms with Crippen molar-refractivity contribution in [2.24, 2.45) is 0 Å². The Kier molecular flexibility index (Phi) is 6.15. The fourth-order valence-electron chi connectivity index (χ4n) is 3.84. The van der Waals surface area contributed by atoms with Crippen molar-refractivity contribution >= 4 is 34.4 Å². The molecule has 1 amide bonds. The van der Waals surface area contributed by atoms with Crippen LogP contribution in [0.2, 0.25) is 0 Å². The van der Waals surface area contributed by atoms with Gasteiger partial charge < -0.3 is 20.0 Å². The molecule has 5 aromatic rings. The lowest BCUT2D eigenvalue weighted by molar-refractivity contribution is -0.115. The number of nitrogens with one attached hydrogen (secondary N) is 3. The summed E-state index contributed by atoms with van der Waals surface area (Å²) in [6.45, 7) is 1.83. The summed E-state index contributed by atoms with van der Waals surface area (Å²) in [5.41, 5.74) is 4.36. The van der Waals surface area contributed by atoms with E-state index in [-0.39, 0.29) is 11.6 Å². The predicted octanol–water partition coefficient (Wildman–Crippen LogP) is 4.84. The first kappa shape index (κ1) is 22.5. The highest BCUT2D eigenvalue weighted by Crippen LogP contribution is 2.35. The Hall–Kier alpha value is -4.24. The first-order valence-electron chi connectivity index (χ1n) is 11.0. The van der Waals surface area contributed by atoms with Crippen LogP contribution in [0.4, 0.5) is 5.69 Å². The van der Waals surface area contributed by atoms with E-state index in [2.05, 4.69) is 20.3 Å². The smallest absolute Gasteiger partial charge is 0.323 e. The largest absolute Gasteiger partial charge is 0.495 e. The van der Waals surface area contributed by atoms with E-state index in [0.717, 1.165) is 16.9 Å². The van der Waals surface area contributed by atoms with Crippen LogP contribution in [0.3, 0.4) is 0 Å². The minimum Gasteiger partial charge on any atom is -0.495 e. The molecule has 9 heteroatoms. The minimum atomic E-state index is -0.449. The third kappa shape index (κ3) is 4.58. The highest BCUT2D eigenvalue weighted by Gasteiger charge is 2.22. The van der Waals surface area contributed by atoms with Crippen molar-refractivity contribution in [2.45, 2.75) is 17.3 Å². The van der Waals surface area contributed by atoms with Crippen molar-refractivity contribution in [3.05, 3.63) is 89.5 Å². The molecule has 2 heterocycles. The first-order valence-corrected chi connectivity index (χ1v) is 11.9. The van der Waals surface area contributed by atoms with Crippen molar-refractivity contribution in [1.82, 2.24) is 19.5 Å². The molecule has 1 atom stereocenters. The summed E-state index contributed by atoms with van der Waals surface area (Å²) in [4.78, 5) is 34.6. The number of H-pyrrole nitrogens is 2. The lowest BCUT2D eigenvalue weighted by atomic mass is 10.1. The molecular weight excluding hydrogens is 462 g/mol. The molecular formula is C26H23N5O3S. The third-order valence-electron chi connectivity index (χ3n) is 5.56. The number of amides is 1. The summed E-state index contributed by atoms with van der Waals surface area (Å²) < 4.78 is 7.63. The van der Waals surface area contributed by atoms with Gasteiger partial charge in [-0.05, 0) is 37.3 Å². The summed E-state index contributed by atoms with van der Waals surface area (Å²) in [5.74, 6) is 0.526. The number of rotatable bonds is 7. The van der Waals surface area contributed by atoms with E-state index in [1.165, 1.54) is 11.8 Å². The maximum Gasteiger partial charge on any atom is 0.323 e. The molecule has 0 aliphatic rings. The SMILES string of the molecule is COc1ccccc1-n1c(-c2ccccc2)cnc1SC(C)C(=O)Nc1ccc2[nH]c(=O)[nH]c2c1. The molecule has 35 heavy (non-hydrogen) atoms. The molecule has 3 N–H and O–H groups in total. The van der Waals surface area contributed by atoms with E-state index in [0.29, 0.717) is 27.6 Å². The number of carbonyl (C=O) groups excluding carboxylic acids is 1. The Morgan fingerprint density at radius 3 is 2.57 bits per heavy atom. The average Bonchev–Trinajstić information content (AvgIpc) is 3.46. The zero-order chi connectivity index (χ0) is 24.4. The van der Waals surface area contributed by atoms with E-state index < -0.39 is 5.25 Å². The van der Waals surface area contributed by atoms with Gasteiger partial charge in [0.2, 0.25) is 5.91 Å². The number of ether oxygens (including phenoxy) is 1. The van der Waals surface area contributed by atoms with Crippen LogP contribution in [0, 0.1) is 0 Å². The number of nitrogens with zero attached hydrogens (tertiary/aromatic N) is 2. The lowest BCUT2D eigenvalue weighted by Gasteiger charge is -2.17. The van der Waals surface area contributed by atoms with Gasteiger partial charge in [-0.15, -0.1) is 0 Å². The molecule has 2 aromatic heterocycles. The summed E-state index contributed by atoms with van der Waals surface area (Å²) >= 11 is 1.36. The second kappa shape index (κ2) is 9.55. The summed E-state index contributed by atoms with van der Waals surface area (Å²) in [7, 11) is 1.63. The van der Waals surface area contributed by atoms with Crippen molar-refractivity contribution in [3.63, 3.8) is 0 Å². The monoisotopic (exact) mass is 485 g/mol. The number of hydrogen-bond acceptors (Lipinski definition) is 5. The molecule has 1 unspecified atom stereocenters. The number of carbonyl (C=O) groups is 1. The van der Waals surface area contributed by atoms with Crippen LogP contribution in [0.1, 0.15) is 6.92 Å². The fraction of sp³-hybridized carbons (Fsp3) is 0.115. The zero-order valence-electron chi connectivity index (χ0n) is 19.1. The molecule has 0 aliphatic heterocycles. The molecule has 3 aromatic carbocycles. The minimum absolute atomic E-state index is 0.178. The second-order valence-electron chi connectivity index (χ2n) is 7.89. The Morgan fingerprint density at radius 1 is 1.03 bits per heavy atom. The van der Waals surface area contributed by atoms with Gasteiger partial charge >= 0.3 is 5.69 Å². The Bertz CT molecular complexity index is 1550. The summed E-state index contributed by atoms with van der Waals surface area (Å²) in [5, 5.41) is 3.15. The van der Waals surface area contributed by atoms with Crippen molar-refractivity contribution in [2.75, 3.05) is 12.4 Å². The van der Waals surface area contributed by atoms with Crippen LogP contribution >= 0.6 is 11.8 Å². The van der Waals surface area contributed by atoms with Crippen LogP contribution in [0.25, 0.3) is 28.0 Å². The number of hydrogen-bond donors (Lipinski definition) is 3. The van der Waals surface area contributed by atoms with Gasteiger partial charge in [-0.3, -0.25) is 9.36 Å². The highest BCUT2D eigenvalue weighted by molar-refractivity contribution is 8.00. The molecule has 0 fully saturated rings. The normalized spacial score (nSPS) is 11.9. The maximum absolute atomic E-state index is 13.0. The van der Waals surface area contributed by atoms with Crippen molar-refractivity contribution in [1.29, 1.82) is 0 Å². The van der Waals surface area contributed by atoms with Gasteiger partial charge in [-0.2, -0.15) is 0 Å². The van der Waals surface area contributed by atoms with Gasteiger partial charge in [0.25, 0.3) is 0 Å². The Labute approximate surface area is 205 Å². The summed E-state index contributed by atoms with van der Waals surface area (Å²) in [6, 6.07) is 22.9. The van der Waals surface area contributed by atoms with E-state index in [1.807, 2.05) is 72.3 Å². The van der Waals surface area contributed by atoms with Gasteiger partial charge in [0.05, 0.1) is 41.0 Å². The van der Waals surface area contributed by atoms with Gasteiger partial charge in [-0.25, -0.2) is 9.78 Å². The number of methoxy groups -OCH3 is 1. The van der Waals surface area contributed by atoms with Gasteiger partial charge in [0, 0.05) is 11.3 Å². The predicted molar refractivity (Wildman–Crippen MR) is 138 cm³/mol. The molecule has 0 bridgehead atoms. The van der Waals surface area contributed by atoms with Crippen LogP contribution < -0.4 is 15.7 Å². The van der Waals surface area contributed by atoms with E-state index in [4.69, 9.17) is 4.74 Å². The molecule has 0 aliphatic carbocycles. The van der Waals surface area contributed by atoms with Gasteiger partial charge in [0.15, 0.2) is 5.16 Å². The van der Waals surface area contributed by atoms with Crippen molar-refractivity contribution < 1.29 is 9.53 Å². The molecule has 5 rings (SSSR count). The van der Waals surface area contributed by atoms with E-state index in [1.54, 1.807) is 25.3 Å². The van der Waals surface area contributed by atoms with Crippen molar-refractivity contribution in [3.8, 4) is 22.7 Å². The Balaban J connectivity index is 1.45. The molecule has 0 saturated heterocycles. The van der Waals surface area contributed by atoms with Gasteiger partial charge in [-0.1, -0.05) is 54.2 Å². The zero-order valence-corrected chi connectivity index (χ0v) is 19.9. The molecule has 176 valence electrons.